The predicted molar refractivity (Wildman–Crippen MR) is 77.3 cm³/mol. The Bertz CT molecular complexity index is 422. The number of esters is 1. The van der Waals surface area contributed by atoms with E-state index in [1.807, 2.05) is 13.8 Å². The molecule has 20 heavy (non-hydrogen) atoms. The summed E-state index contributed by atoms with van der Waals surface area (Å²) in [7, 11) is -0.690. The van der Waals surface area contributed by atoms with Crippen LogP contribution in [0, 0.1) is 5.92 Å². The zero-order valence-electron chi connectivity index (χ0n) is 12.8. The SMILES string of the molecule is COC(=O)C1CCCCCC1NS(=O)(=O)N(C)C(C)C. The summed E-state index contributed by atoms with van der Waals surface area (Å²) >= 11 is 0. The number of hydrogen-bond donors (Lipinski definition) is 1. The van der Waals surface area contributed by atoms with Crippen molar-refractivity contribution in [3.05, 3.63) is 0 Å². The van der Waals surface area contributed by atoms with Crippen molar-refractivity contribution in [3.63, 3.8) is 0 Å². The maximum atomic E-state index is 12.3. The highest BCUT2D eigenvalue weighted by Gasteiger charge is 2.34. The fourth-order valence-corrected chi connectivity index (χ4v) is 3.82. The molecule has 0 aromatic heterocycles. The average molecular weight is 306 g/mol. The molecular formula is C13H26N2O4S. The van der Waals surface area contributed by atoms with Gasteiger partial charge >= 0.3 is 5.97 Å². The number of rotatable bonds is 5. The number of ether oxygens (including phenoxy) is 1. The quantitative estimate of drug-likeness (QED) is 0.613. The Kier molecular flexibility index (Phi) is 6.42. The second-order valence-electron chi connectivity index (χ2n) is 5.61. The van der Waals surface area contributed by atoms with Crippen molar-refractivity contribution in [2.45, 2.75) is 58.0 Å². The first kappa shape index (κ1) is 17.4. The van der Waals surface area contributed by atoms with Crippen LogP contribution in [0.25, 0.3) is 0 Å². The number of nitrogens with zero attached hydrogens (tertiary/aromatic N) is 1. The Balaban J connectivity index is 2.87. The zero-order chi connectivity index (χ0) is 15.3. The van der Waals surface area contributed by atoms with Crippen molar-refractivity contribution in [2.24, 2.45) is 5.92 Å². The Labute approximate surface area is 122 Å². The molecule has 1 N–H and O–H groups in total. The van der Waals surface area contributed by atoms with Crippen LogP contribution in [0.2, 0.25) is 0 Å². The summed E-state index contributed by atoms with van der Waals surface area (Å²) in [5.74, 6) is -0.718. The monoisotopic (exact) mass is 306 g/mol. The molecule has 0 bridgehead atoms. The lowest BCUT2D eigenvalue weighted by molar-refractivity contribution is -0.146. The van der Waals surface area contributed by atoms with Crippen molar-refractivity contribution in [1.29, 1.82) is 0 Å². The van der Waals surface area contributed by atoms with Gasteiger partial charge in [0.15, 0.2) is 0 Å². The Hall–Kier alpha value is -0.660. The Morgan fingerprint density at radius 1 is 1.25 bits per heavy atom. The minimum absolute atomic E-state index is 0.130. The molecule has 1 aliphatic carbocycles. The van der Waals surface area contributed by atoms with Gasteiger partial charge in [0.25, 0.3) is 10.2 Å². The average Bonchev–Trinajstić information content (AvgIpc) is 2.61. The van der Waals surface area contributed by atoms with E-state index in [4.69, 9.17) is 4.74 Å². The van der Waals surface area contributed by atoms with Crippen molar-refractivity contribution in [1.82, 2.24) is 9.03 Å². The highest BCUT2D eigenvalue weighted by Crippen LogP contribution is 2.25. The van der Waals surface area contributed by atoms with Crippen molar-refractivity contribution < 1.29 is 17.9 Å². The minimum atomic E-state index is -3.57. The van der Waals surface area contributed by atoms with E-state index in [1.165, 1.54) is 18.5 Å². The molecule has 2 unspecified atom stereocenters. The van der Waals surface area contributed by atoms with E-state index in [2.05, 4.69) is 4.72 Å². The molecule has 118 valence electrons. The standard InChI is InChI=1S/C13H26N2O4S/c1-10(2)15(3)20(17,18)14-12-9-7-5-6-8-11(12)13(16)19-4/h10-12,14H,5-9H2,1-4H3. The molecular weight excluding hydrogens is 280 g/mol. The normalized spacial score (nSPS) is 24.7. The second-order valence-corrected chi connectivity index (χ2v) is 7.37. The molecule has 7 heteroatoms. The number of hydrogen-bond acceptors (Lipinski definition) is 4. The molecule has 0 spiro atoms. The maximum Gasteiger partial charge on any atom is 0.310 e. The van der Waals surface area contributed by atoms with E-state index in [0.29, 0.717) is 12.8 Å². The lowest BCUT2D eigenvalue weighted by Gasteiger charge is -2.28. The molecule has 0 amide bonds. The predicted octanol–water partition coefficient (Wildman–Crippen LogP) is 1.28. The van der Waals surface area contributed by atoms with E-state index in [0.717, 1.165) is 19.3 Å². The molecule has 1 fully saturated rings. The minimum Gasteiger partial charge on any atom is -0.469 e. The zero-order valence-corrected chi connectivity index (χ0v) is 13.6. The Morgan fingerprint density at radius 3 is 2.40 bits per heavy atom. The van der Waals surface area contributed by atoms with E-state index in [9.17, 15) is 13.2 Å². The van der Waals surface area contributed by atoms with Gasteiger partial charge in [-0.3, -0.25) is 4.79 Å². The third-order valence-electron chi connectivity index (χ3n) is 3.93. The summed E-state index contributed by atoms with van der Waals surface area (Å²) in [6.45, 7) is 3.62. The van der Waals surface area contributed by atoms with E-state index < -0.39 is 16.1 Å². The first-order valence-corrected chi connectivity index (χ1v) is 8.56. The van der Waals surface area contributed by atoms with Crippen LogP contribution in [-0.2, 0) is 19.7 Å². The summed E-state index contributed by atoms with van der Waals surface area (Å²) in [5.41, 5.74) is 0. The second kappa shape index (κ2) is 7.38. The first-order valence-electron chi connectivity index (χ1n) is 7.12. The lowest BCUT2D eigenvalue weighted by atomic mass is 9.96. The van der Waals surface area contributed by atoms with Gasteiger partial charge in [0.05, 0.1) is 13.0 Å². The molecule has 0 radical (unpaired) electrons. The molecule has 6 nitrogen and oxygen atoms in total. The van der Waals surface area contributed by atoms with Crippen LogP contribution in [0.5, 0.6) is 0 Å². The molecule has 0 aliphatic heterocycles. The van der Waals surface area contributed by atoms with Crippen molar-refractivity contribution in [2.75, 3.05) is 14.2 Å². The molecule has 1 saturated carbocycles. The first-order chi connectivity index (χ1) is 9.29. The number of nitrogens with one attached hydrogen (secondary N) is 1. The van der Waals surface area contributed by atoms with Crippen LogP contribution >= 0.6 is 0 Å². The van der Waals surface area contributed by atoms with Gasteiger partial charge in [-0.15, -0.1) is 0 Å². The van der Waals surface area contributed by atoms with Gasteiger partial charge < -0.3 is 4.74 Å². The lowest BCUT2D eigenvalue weighted by Crippen LogP contribution is -2.49. The van der Waals surface area contributed by atoms with Crippen LogP contribution in [0.1, 0.15) is 46.0 Å². The van der Waals surface area contributed by atoms with Crippen LogP contribution < -0.4 is 4.72 Å². The Morgan fingerprint density at radius 2 is 1.85 bits per heavy atom. The number of methoxy groups -OCH3 is 1. The van der Waals surface area contributed by atoms with Gasteiger partial charge in [0.1, 0.15) is 0 Å². The van der Waals surface area contributed by atoms with Crippen LogP contribution in [0.3, 0.4) is 0 Å². The third kappa shape index (κ3) is 4.43. The van der Waals surface area contributed by atoms with E-state index >= 15 is 0 Å². The van der Waals surface area contributed by atoms with Crippen molar-refractivity contribution in [3.8, 4) is 0 Å². The van der Waals surface area contributed by atoms with Crippen LogP contribution in [0.4, 0.5) is 0 Å². The van der Waals surface area contributed by atoms with Gasteiger partial charge in [-0.1, -0.05) is 19.3 Å². The molecule has 0 aromatic carbocycles. The largest absolute Gasteiger partial charge is 0.469 e. The highest BCUT2D eigenvalue weighted by atomic mass is 32.2. The van der Waals surface area contributed by atoms with Gasteiger partial charge in [0.2, 0.25) is 0 Å². The molecule has 0 heterocycles. The summed E-state index contributed by atoms with van der Waals surface area (Å²) in [5, 5.41) is 0. The van der Waals surface area contributed by atoms with Crippen LogP contribution in [0.15, 0.2) is 0 Å². The van der Waals surface area contributed by atoms with E-state index in [-0.39, 0.29) is 18.1 Å². The molecule has 1 aliphatic rings. The molecule has 1 rings (SSSR count). The summed E-state index contributed by atoms with van der Waals surface area (Å²) < 4.78 is 33.3. The summed E-state index contributed by atoms with van der Waals surface area (Å²) in [6.07, 6.45) is 4.21. The number of carbonyl (C=O) groups excluding carboxylic acids is 1. The smallest absolute Gasteiger partial charge is 0.310 e. The maximum absolute atomic E-state index is 12.3. The topological polar surface area (TPSA) is 75.7 Å². The van der Waals surface area contributed by atoms with Gasteiger partial charge in [0, 0.05) is 19.1 Å². The van der Waals surface area contributed by atoms with Crippen LogP contribution in [-0.4, -0.2) is 44.9 Å². The molecule has 0 aromatic rings. The summed E-state index contributed by atoms with van der Waals surface area (Å²) in [6, 6.07) is -0.508. The van der Waals surface area contributed by atoms with Gasteiger partial charge in [-0.05, 0) is 26.7 Å². The highest BCUT2D eigenvalue weighted by molar-refractivity contribution is 7.87. The van der Waals surface area contributed by atoms with Gasteiger partial charge in [-0.2, -0.15) is 17.4 Å². The third-order valence-corrected chi connectivity index (χ3v) is 5.71. The van der Waals surface area contributed by atoms with E-state index in [1.54, 1.807) is 0 Å². The van der Waals surface area contributed by atoms with Crippen molar-refractivity contribution >= 4 is 16.2 Å². The molecule has 0 saturated heterocycles. The van der Waals surface area contributed by atoms with Gasteiger partial charge in [-0.25, -0.2) is 0 Å². The number of carbonyl (C=O) groups is 1. The fourth-order valence-electron chi connectivity index (χ4n) is 2.43. The summed E-state index contributed by atoms with van der Waals surface area (Å²) in [4.78, 5) is 11.8. The fraction of sp³-hybridized carbons (Fsp3) is 0.923. The molecule has 2 atom stereocenters.